The summed E-state index contributed by atoms with van der Waals surface area (Å²) in [5.74, 6) is -4.35. The fourth-order valence-corrected chi connectivity index (χ4v) is 4.98. The van der Waals surface area contributed by atoms with Gasteiger partial charge in [-0.25, -0.2) is 9.18 Å². The quantitative estimate of drug-likeness (QED) is 0.0569. The van der Waals surface area contributed by atoms with Gasteiger partial charge in [0, 0.05) is 25.9 Å². The molecule has 268 valence electrons. The second-order valence-corrected chi connectivity index (χ2v) is 11.5. The molecule has 48 heavy (non-hydrogen) atoms. The minimum absolute atomic E-state index is 0.131. The molecular formula is C31H43ClFN3O12. The smallest absolute Gasteiger partial charge is 0.364 e. The Kier molecular flexibility index (Phi) is 17.7. The fourth-order valence-electron chi connectivity index (χ4n) is 4.86. The van der Waals surface area contributed by atoms with Crippen LogP contribution in [-0.2, 0) is 39.8 Å². The number of carbonyl (C=O) groups excluding carboxylic acids is 3. The normalized spacial score (nSPS) is 21.8. The Labute approximate surface area is 282 Å². The number of unbranched alkanes of at least 4 members (excludes halogenated alkanes) is 3. The molecule has 1 heterocycles. The van der Waals surface area contributed by atoms with Crippen molar-refractivity contribution >= 4 is 35.3 Å². The molecule has 3 amide bonds. The van der Waals surface area contributed by atoms with E-state index in [4.69, 9.17) is 32.2 Å². The standard InChI is InChI=1S/C31H43ClFN3O12/c1-2-11-46-13-10-34-24(40)7-5-3-4-6-12-47-31(30(44)45)16-22(38)27(36-26(42)18-37)29(48-31)28(43)23(39)17-35-25(41)15-19-8-9-20(32)21(33)14-19/h1,8-9,14,22-23,27-29,37-39,43H,3-7,10-13,15-18H2,(H,34,40)(H,35,41)(H,36,42)(H,44,45)/t22-,23+,27+,28+,29+,31+/m0/s1. The van der Waals surface area contributed by atoms with E-state index in [1.54, 1.807) is 0 Å². The lowest BCUT2D eigenvalue weighted by molar-refractivity contribution is -0.310. The van der Waals surface area contributed by atoms with Gasteiger partial charge in [0.25, 0.3) is 5.79 Å². The van der Waals surface area contributed by atoms with E-state index < -0.39 is 79.4 Å². The van der Waals surface area contributed by atoms with E-state index in [-0.39, 0.29) is 42.5 Å². The van der Waals surface area contributed by atoms with Gasteiger partial charge < -0.3 is 55.7 Å². The van der Waals surface area contributed by atoms with Crippen molar-refractivity contribution in [2.75, 3.05) is 39.5 Å². The highest BCUT2D eigenvalue weighted by atomic mass is 35.5. The molecule has 1 fully saturated rings. The highest BCUT2D eigenvalue weighted by Crippen LogP contribution is 2.34. The number of ether oxygens (including phenoxy) is 3. The molecule has 0 aliphatic carbocycles. The summed E-state index contributed by atoms with van der Waals surface area (Å²) in [6.45, 7) is -0.948. The van der Waals surface area contributed by atoms with Crippen LogP contribution in [0.2, 0.25) is 5.02 Å². The number of benzene rings is 1. The fraction of sp³-hybridized carbons (Fsp3) is 0.613. The number of nitrogens with one attached hydrogen (secondary N) is 3. The Morgan fingerprint density at radius 1 is 1.10 bits per heavy atom. The Morgan fingerprint density at radius 2 is 1.83 bits per heavy atom. The minimum atomic E-state index is -2.49. The van der Waals surface area contributed by atoms with Crippen LogP contribution in [0.1, 0.15) is 44.1 Å². The van der Waals surface area contributed by atoms with Crippen LogP contribution in [0.15, 0.2) is 18.2 Å². The molecule has 17 heteroatoms. The van der Waals surface area contributed by atoms with Crippen LogP contribution in [0.4, 0.5) is 4.39 Å². The van der Waals surface area contributed by atoms with Crippen LogP contribution in [0, 0.1) is 18.2 Å². The molecule has 1 aromatic rings. The molecule has 6 atom stereocenters. The largest absolute Gasteiger partial charge is 0.477 e. The number of aliphatic hydroxyl groups is 4. The molecule has 0 bridgehead atoms. The first kappa shape index (κ1) is 40.8. The van der Waals surface area contributed by atoms with E-state index in [0.717, 1.165) is 6.07 Å². The summed E-state index contributed by atoms with van der Waals surface area (Å²) < 4.78 is 30.0. The number of carboxylic acids is 1. The number of amides is 3. The molecule has 0 unspecified atom stereocenters. The zero-order valence-corrected chi connectivity index (χ0v) is 27.0. The van der Waals surface area contributed by atoms with E-state index in [1.165, 1.54) is 12.1 Å². The predicted molar refractivity (Wildman–Crippen MR) is 167 cm³/mol. The maximum absolute atomic E-state index is 13.7. The van der Waals surface area contributed by atoms with Crippen molar-refractivity contribution in [3.63, 3.8) is 0 Å². The third kappa shape index (κ3) is 13.2. The Bertz CT molecular complexity index is 1270. The van der Waals surface area contributed by atoms with Gasteiger partial charge in [-0.3, -0.25) is 14.4 Å². The van der Waals surface area contributed by atoms with Crippen LogP contribution in [0.5, 0.6) is 0 Å². The average molecular weight is 704 g/mol. The van der Waals surface area contributed by atoms with E-state index >= 15 is 0 Å². The number of aliphatic carboxylic acids is 1. The number of terminal acetylenes is 1. The predicted octanol–water partition coefficient (Wildman–Crippen LogP) is -0.999. The van der Waals surface area contributed by atoms with Gasteiger partial charge in [0.15, 0.2) is 0 Å². The lowest BCUT2D eigenvalue weighted by atomic mass is 9.88. The molecule has 8 N–H and O–H groups in total. The number of halogens is 2. The minimum Gasteiger partial charge on any atom is -0.477 e. The van der Waals surface area contributed by atoms with Crippen molar-refractivity contribution in [3.8, 4) is 12.3 Å². The third-order valence-corrected chi connectivity index (χ3v) is 7.65. The molecule has 0 spiro atoms. The van der Waals surface area contributed by atoms with E-state index in [1.807, 2.05) is 0 Å². The van der Waals surface area contributed by atoms with Gasteiger partial charge in [-0.05, 0) is 30.5 Å². The SMILES string of the molecule is C#CCOCCNC(=O)CCCCCCO[C@]1(C(=O)O)C[C@H](O)[C@@H](NC(=O)CO)[C@H]([C@H](O)[C@H](O)CNC(=O)Cc2ccc(Cl)c(F)c2)O1. The van der Waals surface area contributed by atoms with Crippen molar-refractivity contribution in [3.05, 3.63) is 34.6 Å². The van der Waals surface area contributed by atoms with Crippen LogP contribution in [0.3, 0.4) is 0 Å². The molecule has 0 saturated carbocycles. The van der Waals surface area contributed by atoms with Crippen molar-refractivity contribution in [2.24, 2.45) is 0 Å². The van der Waals surface area contributed by atoms with Crippen molar-refractivity contribution in [2.45, 2.75) is 81.2 Å². The van der Waals surface area contributed by atoms with Crippen LogP contribution in [0.25, 0.3) is 0 Å². The third-order valence-electron chi connectivity index (χ3n) is 7.35. The Balaban J connectivity index is 1.97. The van der Waals surface area contributed by atoms with E-state index in [2.05, 4.69) is 21.9 Å². The van der Waals surface area contributed by atoms with Gasteiger partial charge >= 0.3 is 5.97 Å². The molecule has 1 saturated heterocycles. The first-order valence-electron chi connectivity index (χ1n) is 15.3. The van der Waals surface area contributed by atoms with Gasteiger partial charge in [-0.2, -0.15) is 0 Å². The second kappa shape index (κ2) is 20.9. The molecule has 2 rings (SSSR count). The maximum Gasteiger partial charge on any atom is 0.364 e. The summed E-state index contributed by atoms with van der Waals surface area (Å²) in [6.07, 6.45) is -0.813. The van der Waals surface area contributed by atoms with Gasteiger partial charge in [0.05, 0.1) is 42.9 Å². The van der Waals surface area contributed by atoms with Crippen molar-refractivity contribution < 1.29 is 63.3 Å². The van der Waals surface area contributed by atoms with Crippen LogP contribution >= 0.6 is 11.6 Å². The highest BCUT2D eigenvalue weighted by molar-refractivity contribution is 6.30. The van der Waals surface area contributed by atoms with Gasteiger partial charge in [-0.15, -0.1) is 6.42 Å². The topological polar surface area (TPSA) is 233 Å². The van der Waals surface area contributed by atoms with E-state index in [9.17, 15) is 49.1 Å². The zero-order chi connectivity index (χ0) is 35.7. The second-order valence-electron chi connectivity index (χ2n) is 11.1. The molecule has 1 aliphatic rings. The van der Waals surface area contributed by atoms with Crippen molar-refractivity contribution in [1.82, 2.24) is 16.0 Å². The summed E-state index contributed by atoms with van der Waals surface area (Å²) in [7, 11) is 0. The monoisotopic (exact) mass is 703 g/mol. The Morgan fingerprint density at radius 3 is 2.50 bits per heavy atom. The highest BCUT2D eigenvalue weighted by Gasteiger charge is 2.55. The molecule has 15 nitrogen and oxygen atoms in total. The zero-order valence-electron chi connectivity index (χ0n) is 26.2. The molecule has 1 aliphatic heterocycles. The lowest BCUT2D eigenvalue weighted by Crippen LogP contribution is -2.68. The van der Waals surface area contributed by atoms with E-state index in [0.29, 0.717) is 38.8 Å². The molecular weight excluding hydrogens is 661 g/mol. The van der Waals surface area contributed by atoms with Crippen molar-refractivity contribution in [1.29, 1.82) is 0 Å². The first-order valence-corrected chi connectivity index (χ1v) is 15.7. The van der Waals surface area contributed by atoms with Gasteiger partial charge in [-0.1, -0.05) is 36.4 Å². The maximum atomic E-state index is 13.7. The Hall–Kier alpha value is -3.40. The number of carboxylic acid groups (broad SMARTS) is 1. The molecule has 0 aromatic heterocycles. The summed E-state index contributed by atoms with van der Waals surface area (Å²) in [4.78, 5) is 48.6. The summed E-state index contributed by atoms with van der Waals surface area (Å²) in [6, 6.07) is 2.26. The average Bonchev–Trinajstić information content (AvgIpc) is 3.05. The molecule has 0 radical (unpaired) electrons. The number of hydrogen-bond acceptors (Lipinski definition) is 11. The number of hydrogen-bond donors (Lipinski definition) is 8. The number of aliphatic hydroxyl groups excluding tert-OH is 4. The summed E-state index contributed by atoms with van der Waals surface area (Å²) >= 11 is 5.65. The summed E-state index contributed by atoms with van der Waals surface area (Å²) in [5.41, 5.74) is 0.280. The summed E-state index contributed by atoms with van der Waals surface area (Å²) in [5, 5.41) is 59.0. The van der Waals surface area contributed by atoms with Crippen LogP contribution in [-0.4, -0.2) is 125 Å². The number of carbonyl (C=O) groups is 4. The van der Waals surface area contributed by atoms with Crippen LogP contribution < -0.4 is 16.0 Å². The lowest BCUT2D eigenvalue weighted by Gasteiger charge is -2.46. The molecule has 1 aromatic carbocycles. The first-order chi connectivity index (χ1) is 22.8. The number of rotatable bonds is 21. The van der Waals surface area contributed by atoms with Gasteiger partial charge in [0.2, 0.25) is 17.7 Å². The van der Waals surface area contributed by atoms with Gasteiger partial charge in [0.1, 0.15) is 31.2 Å².